The van der Waals surface area contributed by atoms with Crippen molar-refractivity contribution in [2.75, 3.05) is 26.2 Å². The second-order valence-electron chi connectivity index (χ2n) is 7.74. The maximum atomic E-state index is 13.4. The summed E-state index contributed by atoms with van der Waals surface area (Å²) >= 11 is 0. The zero-order chi connectivity index (χ0) is 19.1. The first kappa shape index (κ1) is 19.1. The minimum Gasteiger partial charge on any atom is -0.369 e. The van der Waals surface area contributed by atoms with Crippen molar-refractivity contribution >= 4 is 16.1 Å². The number of nitrogens with one attached hydrogen (secondary N) is 1. The van der Waals surface area contributed by atoms with Crippen molar-refractivity contribution in [3.05, 3.63) is 30.1 Å². The van der Waals surface area contributed by atoms with Crippen molar-refractivity contribution in [3.63, 3.8) is 0 Å². The number of carbonyl (C=O) groups is 1. The number of ether oxygens (including phenoxy) is 1. The molecule has 2 aliphatic rings. The molecular weight excluding hydrogens is 361 g/mol. The van der Waals surface area contributed by atoms with E-state index < -0.39 is 28.0 Å². The molecule has 2 aliphatic heterocycles. The second kappa shape index (κ2) is 6.79. The molecule has 1 aromatic carbocycles. The summed E-state index contributed by atoms with van der Waals surface area (Å²) in [5, 5.41) is 2.91. The maximum Gasteiger partial charge on any atom is 0.317 e. The summed E-state index contributed by atoms with van der Waals surface area (Å²) in [4.78, 5) is 14.0. The molecule has 2 saturated heterocycles. The number of rotatable bonds is 2. The van der Waals surface area contributed by atoms with Gasteiger partial charge in [-0.1, -0.05) is 6.07 Å². The van der Waals surface area contributed by atoms with Crippen LogP contribution >= 0.6 is 0 Å². The molecule has 2 amide bonds. The number of urea groups is 1. The van der Waals surface area contributed by atoms with Gasteiger partial charge in [0.1, 0.15) is 5.82 Å². The van der Waals surface area contributed by atoms with Crippen LogP contribution in [-0.4, -0.2) is 67.6 Å². The maximum absolute atomic E-state index is 13.4. The van der Waals surface area contributed by atoms with Gasteiger partial charge in [0.05, 0.1) is 30.2 Å². The minimum absolute atomic E-state index is 0.0696. The number of morpholine rings is 2. The van der Waals surface area contributed by atoms with E-state index in [4.69, 9.17) is 4.74 Å². The summed E-state index contributed by atoms with van der Waals surface area (Å²) in [5.41, 5.74) is -0.350. The monoisotopic (exact) mass is 385 g/mol. The fourth-order valence-corrected chi connectivity index (χ4v) is 4.73. The van der Waals surface area contributed by atoms with E-state index in [9.17, 15) is 17.6 Å². The molecule has 0 radical (unpaired) electrons. The molecule has 7 nitrogen and oxygen atoms in total. The average Bonchev–Trinajstić information content (AvgIpc) is 2.52. The van der Waals surface area contributed by atoms with Gasteiger partial charge in [-0.05, 0) is 39.0 Å². The third kappa shape index (κ3) is 4.16. The van der Waals surface area contributed by atoms with E-state index in [1.807, 2.05) is 20.8 Å². The largest absolute Gasteiger partial charge is 0.369 e. The topological polar surface area (TPSA) is 79.0 Å². The van der Waals surface area contributed by atoms with Gasteiger partial charge >= 0.3 is 6.03 Å². The number of hydrogen-bond donors (Lipinski definition) is 1. The summed E-state index contributed by atoms with van der Waals surface area (Å²) < 4.78 is 46.1. The molecular formula is C17H24FN3O4S. The van der Waals surface area contributed by atoms with Crippen LogP contribution in [0.4, 0.5) is 9.18 Å². The van der Waals surface area contributed by atoms with Gasteiger partial charge in [0.25, 0.3) is 0 Å². The number of sulfonamides is 1. The normalized spacial score (nSPS) is 24.4. The van der Waals surface area contributed by atoms with Crippen molar-refractivity contribution in [3.8, 4) is 0 Å². The van der Waals surface area contributed by atoms with Crippen LogP contribution in [-0.2, 0) is 14.8 Å². The molecule has 0 spiro atoms. The number of carbonyl (C=O) groups excluding carboxylic acids is 1. The van der Waals surface area contributed by atoms with Gasteiger partial charge in [-0.2, -0.15) is 4.31 Å². The molecule has 2 fully saturated rings. The van der Waals surface area contributed by atoms with Gasteiger partial charge in [-0.25, -0.2) is 17.6 Å². The van der Waals surface area contributed by atoms with Crippen LogP contribution in [0.1, 0.15) is 20.8 Å². The van der Waals surface area contributed by atoms with E-state index in [0.717, 1.165) is 6.07 Å². The van der Waals surface area contributed by atoms with Gasteiger partial charge in [-0.3, -0.25) is 0 Å². The van der Waals surface area contributed by atoms with Crippen LogP contribution in [0.5, 0.6) is 0 Å². The predicted octanol–water partition coefficient (Wildman–Crippen LogP) is 1.41. The van der Waals surface area contributed by atoms with Crippen molar-refractivity contribution in [2.45, 2.75) is 43.4 Å². The van der Waals surface area contributed by atoms with Gasteiger partial charge in [0, 0.05) is 18.6 Å². The standard InChI is InChI=1S/C17H24FN3O4S/c1-17(2,3)19-16(22)20-8-13-10-21(11-14(9-20)25-13)26(23,24)15-6-4-5-12(18)7-15/h4-7,13-14H,8-11H2,1-3H3,(H,19,22). The highest BCUT2D eigenvalue weighted by Gasteiger charge is 2.41. The Labute approximate surface area is 153 Å². The Morgan fingerprint density at radius 2 is 1.81 bits per heavy atom. The van der Waals surface area contributed by atoms with Crippen molar-refractivity contribution in [1.82, 2.24) is 14.5 Å². The number of hydrogen-bond acceptors (Lipinski definition) is 4. The number of amides is 2. The van der Waals surface area contributed by atoms with E-state index in [1.54, 1.807) is 4.90 Å². The lowest BCUT2D eigenvalue weighted by molar-refractivity contribution is -0.111. The summed E-state index contributed by atoms with van der Waals surface area (Å²) in [6.07, 6.45) is -0.812. The fraction of sp³-hybridized carbons (Fsp3) is 0.588. The molecule has 26 heavy (non-hydrogen) atoms. The first-order valence-corrected chi connectivity index (χ1v) is 9.97. The van der Waals surface area contributed by atoms with Gasteiger partial charge in [0.15, 0.2) is 0 Å². The Hall–Kier alpha value is -1.71. The van der Waals surface area contributed by atoms with Crippen LogP contribution in [0.25, 0.3) is 0 Å². The van der Waals surface area contributed by atoms with Crippen LogP contribution in [0.15, 0.2) is 29.2 Å². The number of halogens is 1. The van der Waals surface area contributed by atoms with Crippen LogP contribution in [0, 0.1) is 5.82 Å². The van der Waals surface area contributed by atoms with Crippen LogP contribution in [0.3, 0.4) is 0 Å². The Morgan fingerprint density at radius 3 is 2.35 bits per heavy atom. The number of benzene rings is 1. The van der Waals surface area contributed by atoms with Crippen molar-refractivity contribution < 1.29 is 22.3 Å². The molecule has 2 atom stereocenters. The predicted molar refractivity (Wildman–Crippen MR) is 93.7 cm³/mol. The zero-order valence-electron chi connectivity index (χ0n) is 15.1. The molecule has 1 N–H and O–H groups in total. The lowest BCUT2D eigenvalue weighted by Crippen LogP contribution is -2.63. The molecule has 2 bridgehead atoms. The van der Waals surface area contributed by atoms with E-state index in [0.29, 0.717) is 13.1 Å². The summed E-state index contributed by atoms with van der Waals surface area (Å²) in [7, 11) is -3.80. The van der Waals surface area contributed by atoms with Crippen LogP contribution < -0.4 is 5.32 Å². The molecule has 0 aromatic heterocycles. The van der Waals surface area contributed by atoms with Gasteiger partial charge < -0.3 is 15.0 Å². The molecule has 0 saturated carbocycles. The Bertz CT molecular complexity index is 779. The average molecular weight is 385 g/mol. The van der Waals surface area contributed by atoms with Crippen LogP contribution in [0.2, 0.25) is 0 Å². The molecule has 0 aliphatic carbocycles. The van der Waals surface area contributed by atoms with Gasteiger partial charge in [0.2, 0.25) is 10.0 Å². The smallest absolute Gasteiger partial charge is 0.317 e. The zero-order valence-corrected chi connectivity index (χ0v) is 15.9. The molecule has 9 heteroatoms. The quantitative estimate of drug-likeness (QED) is 0.835. The van der Waals surface area contributed by atoms with E-state index >= 15 is 0 Å². The summed E-state index contributed by atoms with van der Waals surface area (Å²) in [6.45, 7) is 6.60. The molecule has 2 heterocycles. The van der Waals surface area contributed by atoms with E-state index in [-0.39, 0.29) is 29.6 Å². The van der Waals surface area contributed by atoms with E-state index in [1.165, 1.54) is 22.5 Å². The first-order chi connectivity index (χ1) is 12.0. The number of fused-ring (bicyclic) bond motifs is 2. The third-order valence-corrected chi connectivity index (χ3v) is 6.08. The summed E-state index contributed by atoms with van der Waals surface area (Å²) in [5.74, 6) is -0.593. The highest BCUT2D eigenvalue weighted by Crippen LogP contribution is 2.25. The lowest BCUT2D eigenvalue weighted by Gasteiger charge is -2.45. The summed E-state index contributed by atoms with van der Waals surface area (Å²) in [6, 6.07) is 4.80. The Kier molecular flexibility index (Phi) is 4.98. The number of nitrogens with zero attached hydrogens (tertiary/aromatic N) is 2. The van der Waals surface area contributed by atoms with E-state index in [2.05, 4.69) is 5.32 Å². The molecule has 2 unspecified atom stereocenters. The molecule has 3 rings (SSSR count). The third-order valence-electron chi connectivity index (χ3n) is 4.25. The SMILES string of the molecule is CC(C)(C)NC(=O)N1CC2CN(S(=O)(=O)c3cccc(F)c3)CC(C1)O2. The highest BCUT2D eigenvalue weighted by molar-refractivity contribution is 7.89. The minimum atomic E-state index is -3.80. The second-order valence-corrected chi connectivity index (χ2v) is 9.68. The van der Waals surface area contributed by atoms with Gasteiger partial charge in [-0.15, -0.1) is 0 Å². The fourth-order valence-electron chi connectivity index (χ4n) is 3.19. The van der Waals surface area contributed by atoms with Crippen molar-refractivity contribution in [2.24, 2.45) is 0 Å². The molecule has 1 aromatic rings. The lowest BCUT2D eigenvalue weighted by atomic mass is 10.1. The highest BCUT2D eigenvalue weighted by atomic mass is 32.2. The Balaban J connectivity index is 1.72. The molecule has 144 valence electrons. The Morgan fingerprint density at radius 1 is 1.19 bits per heavy atom. The van der Waals surface area contributed by atoms with Crippen molar-refractivity contribution in [1.29, 1.82) is 0 Å². The first-order valence-electron chi connectivity index (χ1n) is 8.53.